The maximum atomic E-state index is 6.37. The van der Waals surface area contributed by atoms with Gasteiger partial charge in [-0.3, -0.25) is 0 Å². The van der Waals surface area contributed by atoms with Gasteiger partial charge < -0.3 is 10.1 Å². The van der Waals surface area contributed by atoms with Crippen molar-refractivity contribution in [3.05, 3.63) is 77.8 Å². The van der Waals surface area contributed by atoms with Crippen LogP contribution in [0.25, 0.3) is 22.3 Å². The molecule has 5 heteroatoms. The van der Waals surface area contributed by atoms with E-state index in [1.807, 2.05) is 79.7 Å². The number of hydrogen-bond acceptors (Lipinski definition) is 4. The molecule has 27 heavy (non-hydrogen) atoms. The van der Waals surface area contributed by atoms with Crippen LogP contribution in [0.5, 0.6) is 5.75 Å². The number of halogens is 1. The number of aromatic nitrogens is 2. The van der Waals surface area contributed by atoms with E-state index in [2.05, 4.69) is 5.32 Å². The number of rotatable bonds is 5. The van der Waals surface area contributed by atoms with Crippen molar-refractivity contribution in [3.63, 3.8) is 0 Å². The Morgan fingerprint density at radius 3 is 2.48 bits per heavy atom. The van der Waals surface area contributed by atoms with Gasteiger partial charge in [-0.15, -0.1) is 0 Å². The molecule has 1 heterocycles. The van der Waals surface area contributed by atoms with Gasteiger partial charge in [0, 0.05) is 10.9 Å². The van der Waals surface area contributed by atoms with Gasteiger partial charge >= 0.3 is 0 Å². The SMILES string of the molecule is CCOc1ccccc1Nc1nc(-c2ccccc2Cl)nc2ccccc12. The Morgan fingerprint density at radius 1 is 0.889 bits per heavy atom. The molecule has 0 unspecified atom stereocenters. The van der Waals surface area contributed by atoms with E-state index in [4.69, 9.17) is 26.3 Å². The Morgan fingerprint density at radius 2 is 1.63 bits per heavy atom. The van der Waals surface area contributed by atoms with Gasteiger partial charge in [-0.1, -0.05) is 48.0 Å². The van der Waals surface area contributed by atoms with Crippen LogP contribution in [0, 0.1) is 0 Å². The molecule has 134 valence electrons. The highest BCUT2D eigenvalue weighted by molar-refractivity contribution is 6.33. The van der Waals surface area contributed by atoms with Gasteiger partial charge in [0.1, 0.15) is 11.6 Å². The third kappa shape index (κ3) is 3.57. The molecule has 3 aromatic carbocycles. The minimum atomic E-state index is 0.579. The number of hydrogen-bond donors (Lipinski definition) is 1. The van der Waals surface area contributed by atoms with Gasteiger partial charge in [0.15, 0.2) is 5.82 Å². The molecule has 0 fully saturated rings. The van der Waals surface area contributed by atoms with E-state index in [0.717, 1.165) is 27.9 Å². The molecule has 0 amide bonds. The van der Waals surface area contributed by atoms with Crippen molar-refractivity contribution in [2.24, 2.45) is 0 Å². The Balaban J connectivity index is 1.86. The summed E-state index contributed by atoms with van der Waals surface area (Å²) in [5, 5.41) is 4.96. The molecule has 0 aliphatic carbocycles. The van der Waals surface area contributed by atoms with Crippen LogP contribution in [0.3, 0.4) is 0 Å². The summed E-state index contributed by atoms with van der Waals surface area (Å²) in [5.41, 5.74) is 2.50. The first-order valence-electron chi connectivity index (χ1n) is 8.77. The van der Waals surface area contributed by atoms with E-state index < -0.39 is 0 Å². The summed E-state index contributed by atoms with van der Waals surface area (Å²) >= 11 is 6.37. The van der Waals surface area contributed by atoms with E-state index in [1.165, 1.54) is 0 Å². The van der Waals surface area contributed by atoms with Gasteiger partial charge in [-0.2, -0.15) is 0 Å². The highest BCUT2D eigenvalue weighted by Gasteiger charge is 2.13. The zero-order valence-corrected chi connectivity index (χ0v) is 15.6. The summed E-state index contributed by atoms with van der Waals surface area (Å²) in [5.74, 6) is 2.07. The van der Waals surface area contributed by atoms with Crippen LogP contribution in [0.4, 0.5) is 11.5 Å². The summed E-state index contributed by atoms with van der Waals surface area (Å²) in [4.78, 5) is 9.47. The molecule has 4 rings (SSSR count). The minimum absolute atomic E-state index is 0.579. The van der Waals surface area contributed by atoms with Crippen molar-refractivity contribution >= 4 is 34.0 Å². The number of anilines is 2. The number of nitrogens with one attached hydrogen (secondary N) is 1. The average Bonchev–Trinajstić information content (AvgIpc) is 2.70. The second-order valence-electron chi connectivity index (χ2n) is 5.95. The third-order valence-electron chi connectivity index (χ3n) is 4.16. The van der Waals surface area contributed by atoms with Crippen molar-refractivity contribution in [1.29, 1.82) is 0 Å². The van der Waals surface area contributed by atoms with E-state index in [-0.39, 0.29) is 0 Å². The zero-order chi connectivity index (χ0) is 18.6. The Bertz CT molecular complexity index is 1100. The van der Waals surface area contributed by atoms with Crippen LogP contribution in [0.2, 0.25) is 5.02 Å². The molecular weight excluding hydrogens is 358 g/mol. The maximum absolute atomic E-state index is 6.37. The zero-order valence-electron chi connectivity index (χ0n) is 14.8. The fourth-order valence-electron chi connectivity index (χ4n) is 2.91. The molecule has 1 aromatic heterocycles. The lowest BCUT2D eigenvalue weighted by Gasteiger charge is -2.14. The second-order valence-corrected chi connectivity index (χ2v) is 6.35. The largest absolute Gasteiger partial charge is 0.492 e. The van der Waals surface area contributed by atoms with Crippen molar-refractivity contribution in [2.75, 3.05) is 11.9 Å². The summed E-state index contributed by atoms with van der Waals surface area (Å²) in [6, 6.07) is 23.3. The number of benzene rings is 3. The summed E-state index contributed by atoms with van der Waals surface area (Å²) in [6.45, 7) is 2.56. The van der Waals surface area contributed by atoms with Gasteiger partial charge in [0.05, 0.1) is 22.8 Å². The standard InChI is InChI=1S/C22H18ClN3O/c1-2-27-20-14-8-7-13-19(20)25-22-16-10-4-6-12-18(16)24-21(26-22)15-9-3-5-11-17(15)23/h3-14H,2H2,1H3,(H,24,25,26). The number of nitrogens with zero attached hydrogens (tertiary/aromatic N) is 2. The quantitative estimate of drug-likeness (QED) is 0.458. The molecule has 4 aromatic rings. The van der Waals surface area contributed by atoms with Gasteiger partial charge in [-0.05, 0) is 43.3 Å². The van der Waals surface area contributed by atoms with Gasteiger partial charge in [-0.25, -0.2) is 9.97 Å². The lowest BCUT2D eigenvalue weighted by Crippen LogP contribution is -2.02. The van der Waals surface area contributed by atoms with E-state index >= 15 is 0 Å². The Hall–Kier alpha value is -3.11. The summed E-state index contributed by atoms with van der Waals surface area (Å²) in [7, 11) is 0. The second kappa shape index (κ2) is 7.64. The summed E-state index contributed by atoms with van der Waals surface area (Å²) in [6.07, 6.45) is 0. The molecule has 0 aliphatic rings. The lowest BCUT2D eigenvalue weighted by atomic mass is 10.1. The molecular formula is C22H18ClN3O. The first-order valence-corrected chi connectivity index (χ1v) is 9.14. The average molecular weight is 376 g/mol. The van der Waals surface area contributed by atoms with Crippen LogP contribution in [-0.2, 0) is 0 Å². The van der Waals surface area contributed by atoms with Gasteiger partial charge in [0.25, 0.3) is 0 Å². The highest BCUT2D eigenvalue weighted by Crippen LogP contribution is 2.33. The normalized spacial score (nSPS) is 10.7. The summed E-state index contributed by atoms with van der Waals surface area (Å²) < 4.78 is 5.73. The molecule has 0 radical (unpaired) electrons. The molecule has 0 spiro atoms. The fraction of sp³-hybridized carbons (Fsp3) is 0.0909. The van der Waals surface area contributed by atoms with Crippen LogP contribution in [0.1, 0.15) is 6.92 Å². The highest BCUT2D eigenvalue weighted by atomic mass is 35.5. The van der Waals surface area contributed by atoms with Crippen LogP contribution in [0.15, 0.2) is 72.8 Å². The smallest absolute Gasteiger partial charge is 0.163 e. The maximum Gasteiger partial charge on any atom is 0.163 e. The first-order chi connectivity index (χ1) is 13.3. The predicted molar refractivity (Wildman–Crippen MR) is 111 cm³/mol. The predicted octanol–water partition coefficient (Wildman–Crippen LogP) is 6.09. The molecule has 1 N–H and O–H groups in total. The lowest BCUT2D eigenvalue weighted by molar-refractivity contribution is 0.342. The number of ether oxygens (including phenoxy) is 1. The fourth-order valence-corrected chi connectivity index (χ4v) is 3.13. The number of fused-ring (bicyclic) bond motifs is 1. The van der Waals surface area contributed by atoms with Crippen molar-refractivity contribution in [1.82, 2.24) is 9.97 Å². The molecule has 4 nitrogen and oxygen atoms in total. The Kier molecular flexibility index (Phi) is 4.90. The van der Waals surface area contributed by atoms with E-state index in [1.54, 1.807) is 0 Å². The first kappa shape index (κ1) is 17.3. The number of para-hydroxylation sites is 3. The Labute approximate surface area is 162 Å². The topological polar surface area (TPSA) is 47.0 Å². The van der Waals surface area contributed by atoms with Crippen molar-refractivity contribution < 1.29 is 4.74 Å². The van der Waals surface area contributed by atoms with Crippen molar-refractivity contribution in [3.8, 4) is 17.1 Å². The van der Waals surface area contributed by atoms with Crippen LogP contribution >= 0.6 is 11.6 Å². The van der Waals surface area contributed by atoms with E-state index in [9.17, 15) is 0 Å². The van der Waals surface area contributed by atoms with Crippen LogP contribution < -0.4 is 10.1 Å². The monoisotopic (exact) mass is 375 g/mol. The van der Waals surface area contributed by atoms with E-state index in [0.29, 0.717) is 23.3 Å². The van der Waals surface area contributed by atoms with Gasteiger partial charge in [0.2, 0.25) is 0 Å². The van der Waals surface area contributed by atoms with Crippen molar-refractivity contribution in [2.45, 2.75) is 6.92 Å². The molecule has 0 bridgehead atoms. The molecule has 0 aliphatic heterocycles. The third-order valence-corrected chi connectivity index (χ3v) is 4.49. The molecule has 0 saturated heterocycles. The van der Waals surface area contributed by atoms with Crippen LogP contribution in [-0.4, -0.2) is 16.6 Å². The molecule has 0 saturated carbocycles. The molecule has 0 atom stereocenters. The minimum Gasteiger partial charge on any atom is -0.492 e.